The molecule has 3 atom stereocenters. The van der Waals surface area contributed by atoms with E-state index in [9.17, 15) is 9.90 Å². The summed E-state index contributed by atoms with van der Waals surface area (Å²) in [5.41, 5.74) is 2.84. The van der Waals surface area contributed by atoms with Crippen molar-refractivity contribution in [3.8, 4) is 22.4 Å². The number of hydrogen-bond donors (Lipinski definition) is 3. The molecule has 3 aromatic heterocycles. The van der Waals surface area contributed by atoms with Crippen LogP contribution < -0.4 is 4.90 Å². The lowest BCUT2D eigenvalue weighted by Crippen LogP contribution is -2.51. The van der Waals surface area contributed by atoms with Crippen LogP contribution in [-0.2, 0) is 0 Å². The molecule has 10 nitrogen and oxygen atoms in total. The Bertz CT molecular complexity index is 1340. The van der Waals surface area contributed by atoms with Gasteiger partial charge < -0.3 is 14.9 Å². The highest BCUT2D eigenvalue weighted by Gasteiger charge is 2.44. The molecule has 1 unspecified atom stereocenters. The van der Waals surface area contributed by atoms with E-state index in [0.717, 1.165) is 25.7 Å². The molecule has 2 bridgehead atoms. The highest BCUT2D eigenvalue weighted by Crippen LogP contribution is 2.39. The van der Waals surface area contributed by atoms with E-state index >= 15 is 4.39 Å². The van der Waals surface area contributed by atoms with Crippen LogP contribution in [-0.4, -0.2) is 71.9 Å². The number of nitrogens with zero attached hydrogens (tertiary/aromatic N) is 6. The third-order valence-electron chi connectivity index (χ3n) is 7.24. The van der Waals surface area contributed by atoms with Gasteiger partial charge in [-0.05, 0) is 43.9 Å². The number of benzene rings is 1. The lowest BCUT2D eigenvalue weighted by Gasteiger charge is -2.41. The van der Waals surface area contributed by atoms with Gasteiger partial charge in [-0.2, -0.15) is 10.2 Å². The maximum atomic E-state index is 15.1. The first kappa shape index (κ1) is 20.6. The molecular weight excluding hydrogens is 439 g/mol. The van der Waals surface area contributed by atoms with E-state index in [4.69, 9.17) is 0 Å². The molecule has 0 aliphatic carbocycles. The highest BCUT2D eigenvalue weighted by atomic mass is 19.1. The van der Waals surface area contributed by atoms with Gasteiger partial charge in [-0.15, -0.1) is 10.2 Å². The minimum Gasteiger partial charge on any atom is -0.465 e. The van der Waals surface area contributed by atoms with Gasteiger partial charge in [0, 0.05) is 53.4 Å². The van der Waals surface area contributed by atoms with Crippen molar-refractivity contribution in [2.24, 2.45) is 0 Å². The second kappa shape index (κ2) is 7.79. The Balaban J connectivity index is 1.28. The molecule has 11 heteroatoms. The van der Waals surface area contributed by atoms with Gasteiger partial charge in [-0.25, -0.2) is 9.18 Å². The molecule has 2 aliphatic rings. The van der Waals surface area contributed by atoms with E-state index in [1.165, 1.54) is 6.07 Å². The molecule has 2 aliphatic heterocycles. The van der Waals surface area contributed by atoms with Gasteiger partial charge in [0.05, 0.1) is 23.6 Å². The predicted molar refractivity (Wildman–Crippen MR) is 123 cm³/mol. The number of amides is 1. The lowest BCUT2D eigenvalue weighted by atomic mass is 9.96. The summed E-state index contributed by atoms with van der Waals surface area (Å²) in [6.07, 6.45) is 7.35. The van der Waals surface area contributed by atoms with Crippen LogP contribution in [0.25, 0.3) is 33.3 Å². The van der Waals surface area contributed by atoms with Crippen LogP contribution in [0.15, 0.2) is 36.8 Å². The van der Waals surface area contributed by atoms with Crippen LogP contribution in [0, 0.1) is 5.82 Å². The number of fused-ring (bicyclic) bond motifs is 3. The maximum Gasteiger partial charge on any atom is 0.407 e. The van der Waals surface area contributed by atoms with Crippen molar-refractivity contribution in [1.29, 1.82) is 0 Å². The maximum absolute atomic E-state index is 15.1. The summed E-state index contributed by atoms with van der Waals surface area (Å²) in [7, 11) is 1.97. The number of carbonyl (C=O) groups is 1. The van der Waals surface area contributed by atoms with Crippen molar-refractivity contribution in [3.05, 3.63) is 42.6 Å². The second-order valence-corrected chi connectivity index (χ2v) is 9.01. The summed E-state index contributed by atoms with van der Waals surface area (Å²) in [6.45, 7) is 0. The van der Waals surface area contributed by atoms with Gasteiger partial charge in [-0.3, -0.25) is 10.2 Å². The van der Waals surface area contributed by atoms with Crippen LogP contribution in [0.2, 0.25) is 0 Å². The number of H-pyrrole nitrogens is 2. The summed E-state index contributed by atoms with van der Waals surface area (Å²) < 4.78 is 15.1. The van der Waals surface area contributed by atoms with Crippen LogP contribution in [0.1, 0.15) is 25.7 Å². The van der Waals surface area contributed by atoms with E-state index in [0.29, 0.717) is 39.1 Å². The zero-order valence-electron chi connectivity index (χ0n) is 18.4. The van der Waals surface area contributed by atoms with E-state index < -0.39 is 11.9 Å². The molecule has 2 saturated heterocycles. The first-order valence-corrected chi connectivity index (χ1v) is 11.2. The second-order valence-electron chi connectivity index (χ2n) is 9.01. The van der Waals surface area contributed by atoms with Crippen molar-refractivity contribution in [3.63, 3.8) is 0 Å². The molecule has 0 radical (unpaired) electrons. The van der Waals surface area contributed by atoms with Gasteiger partial charge in [0.15, 0.2) is 5.82 Å². The zero-order chi connectivity index (χ0) is 23.4. The number of carboxylic acid groups (broad SMARTS) is 1. The summed E-state index contributed by atoms with van der Waals surface area (Å²) in [6, 6.07) is 5.45. The molecule has 0 spiro atoms. The number of anilines is 1. The zero-order valence-corrected chi connectivity index (χ0v) is 18.4. The fourth-order valence-corrected chi connectivity index (χ4v) is 5.58. The van der Waals surface area contributed by atoms with Gasteiger partial charge in [0.1, 0.15) is 5.82 Å². The van der Waals surface area contributed by atoms with E-state index in [2.05, 4.69) is 35.5 Å². The van der Waals surface area contributed by atoms with E-state index in [-0.39, 0.29) is 18.1 Å². The number of rotatable bonds is 4. The Labute approximate surface area is 193 Å². The summed E-state index contributed by atoms with van der Waals surface area (Å²) in [5.74, 6) is 0.308. The SMILES string of the molecule is CN(c1ccc(-c2cc(F)c(-c3cn[nH]c3)c3cn[nH]c23)nn1)C1C[C@H]2CC[C@@H](C1)N2C(=O)O. The van der Waals surface area contributed by atoms with Crippen molar-refractivity contribution in [1.82, 2.24) is 35.5 Å². The van der Waals surface area contributed by atoms with Crippen molar-refractivity contribution in [2.45, 2.75) is 43.8 Å². The third kappa shape index (κ3) is 3.18. The number of hydrogen-bond acceptors (Lipinski definition) is 6. The van der Waals surface area contributed by atoms with Gasteiger partial charge >= 0.3 is 6.09 Å². The fourth-order valence-electron chi connectivity index (χ4n) is 5.58. The molecule has 5 heterocycles. The van der Waals surface area contributed by atoms with Crippen LogP contribution >= 0.6 is 0 Å². The Morgan fingerprint density at radius 2 is 1.97 bits per heavy atom. The molecule has 4 aromatic rings. The smallest absolute Gasteiger partial charge is 0.407 e. The summed E-state index contributed by atoms with van der Waals surface area (Å²) in [5, 5.41) is 32.7. The quantitative estimate of drug-likeness (QED) is 0.422. The summed E-state index contributed by atoms with van der Waals surface area (Å²) in [4.78, 5) is 15.3. The minimum atomic E-state index is -0.825. The number of aromatic nitrogens is 6. The Morgan fingerprint density at radius 3 is 2.62 bits per heavy atom. The molecule has 1 amide bonds. The third-order valence-corrected chi connectivity index (χ3v) is 7.24. The van der Waals surface area contributed by atoms with Gasteiger partial charge in [0.25, 0.3) is 0 Å². The van der Waals surface area contributed by atoms with E-state index in [1.54, 1.807) is 23.5 Å². The summed E-state index contributed by atoms with van der Waals surface area (Å²) >= 11 is 0. The van der Waals surface area contributed by atoms with Crippen LogP contribution in [0.3, 0.4) is 0 Å². The molecule has 3 N–H and O–H groups in total. The minimum absolute atomic E-state index is 0.0568. The number of nitrogens with one attached hydrogen (secondary N) is 2. The average Bonchev–Trinajstić information content (AvgIpc) is 3.58. The number of aromatic amines is 2. The standard InChI is InChI=1S/C23H23FN8O2/c1-31(15-6-13-2-3-14(7-15)32(13)23(33)34)20-5-4-19(28-29-20)16-8-18(24)21(12-9-25-26-10-12)17-11-27-30-22(16)17/h4-5,8-11,13-15H,2-3,6-7H2,1H3,(H,25,26)(H,27,30)(H,33,34)/t13-,14+,15?. The Kier molecular flexibility index (Phi) is 4.71. The Morgan fingerprint density at radius 1 is 1.18 bits per heavy atom. The molecule has 0 saturated carbocycles. The van der Waals surface area contributed by atoms with Crippen molar-refractivity contribution in [2.75, 3.05) is 11.9 Å². The molecule has 6 rings (SSSR count). The van der Waals surface area contributed by atoms with Crippen LogP contribution in [0.4, 0.5) is 15.0 Å². The van der Waals surface area contributed by atoms with Crippen molar-refractivity contribution >= 4 is 22.8 Å². The molecular formula is C23H23FN8O2. The fraction of sp³-hybridized carbons (Fsp3) is 0.348. The monoisotopic (exact) mass is 462 g/mol. The number of halogens is 1. The first-order valence-electron chi connectivity index (χ1n) is 11.2. The molecule has 2 fully saturated rings. The molecule has 34 heavy (non-hydrogen) atoms. The molecule has 1 aromatic carbocycles. The molecule has 174 valence electrons. The predicted octanol–water partition coefficient (Wildman–Crippen LogP) is 3.66. The topological polar surface area (TPSA) is 127 Å². The van der Waals surface area contributed by atoms with Gasteiger partial charge in [0.2, 0.25) is 0 Å². The Hall–Kier alpha value is -4.02. The van der Waals surface area contributed by atoms with Crippen molar-refractivity contribution < 1.29 is 14.3 Å². The van der Waals surface area contributed by atoms with Crippen LogP contribution in [0.5, 0.6) is 0 Å². The number of piperidine rings is 1. The van der Waals surface area contributed by atoms with E-state index in [1.807, 2.05) is 19.2 Å². The largest absolute Gasteiger partial charge is 0.465 e. The van der Waals surface area contributed by atoms with Gasteiger partial charge in [-0.1, -0.05) is 0 Å². The lowest BCUT2D eigenvalue weighted by molar-refractivity contribution is 0.0965. The first-order chi connectivity index (χ1) is 16.5. The highest BCUT2D eigenvalue weighted by molar-refractivity contribution is 6.02. The average molecular weight is 462 g/mol. The normalized spacial score (nSPS) is 21.8.